The van der Waals surface area contributed by atoms with Gasteiger partial charge in [-0.05, 0) is 174 Å². The lowest BCUT2D eigenvalue weighted by Crippen LogP contribution is -2.50. The van der Waals surface area contributed by atoms with Crippen molar-refractivity contribution in [1.29, 1.82) is 0 Å². The lowest BCUT2D eigenvalue weighted by atomic mass is 9.48. The molecule has 7 saturated carbocycles. The van der Waals surface area contributed by atoms with Gasteiger partial charge in [-0.1, -0.05) is 45.4 Å². The molecular formula is C40H68O3. The number of methoxy groups -OCH3 is 1. The van der Waals surface area contributed by atoms with Crippen LogP contribution in [-0.2, 0) is 9.47 Å². The Kier molecular flexibility index (Phi) is 10.2. The zero-order valence-corrected chi connectivity index (χ0v) is 28.2. The first-order valence-electron chi connectivity index (χ1n) is 19.9. The Morgan fingerprint density at radius 1 is 0.512 bits per heavy atom. The predicted molar refractivity (Wildman–Crippen MR) is 176 cm³/mol. The fourth-order valence-electron chi connectivity index (χ4n) is 13.8. The van der Waals surface area contributed by atoms with Gasteiger partial charge in [0.1, 0.15) is 0 Å². The summed E-state index contributed by atoms with van der Waals surface area (Å²) in [6.07, 6.45) is 34.6. The molecule has 0 aliphatic heterocycles. The molecular weight excluding hydrogens is 528 g/mol. The molecule has 5 atom stereocenters. The van der Waals surface area contributed by atoms with Gasteiger partial charge in [0.15, 0.2) is 0 Å². The summed E-state index contributed by atoms with van der Waals surface area (Å²) in [4.78, 5) is 0. The van der Waals surface area contributed by atoms with Crippen molar-refractivity contribution in [1.82, 2.24) is 0 Å². The van der Waals surface area contributed by atoms with Crippen LogP contribution in [0.15, 0.2) is 0 Å². The number of hydrogen-bond acceptors (Lipinski definition) is 3. The number of rotatable bonds is 7. The van der Waals surface area contributed by atoms with Crippen LogP contribution in [0.3, 0.4) is 0 Å². The highest BCUT2D eigenvalue weighted by Crippen LogP contribution is 2.72. The van der Waals surface area contributed by atoms with E-state index in [-0.39, 0.29) is 6.10 Å². The van der Waals surface area contributed by atoms with Gasteiger partial charge in [-0.3, -0.25) is 0 Å². The molecule has 3 heteroatoms. The van der Waals surface area contributed by atoms with Crippen molar-refractivity contribution in [3.05, 3.63) is 0 Å². The van der Waals surface area contributed by atoms with E-state index in [4.69, 9.17) is 9.47 Å². The highest BCUT2D eigenvalue weighted by Gasteiger charge is 2.65. The summed E-state index contributed by atoms with van der Waals surface area (Å²) in [7, 11) is 1.84. The Labute approximate surface area is 265 Å². The maximum absolute atomic E-state index is 11.2. The van der Waals surface area contributed by atoms with Gasteiger partial charge in [0.25, 0.3) is 0 Å². The Hall–Kier alpha value is -0.120. The first-order valence-corrected chi connectivity index (χ1v) is 19.9. The first kappa shape index (κ1) is 31.5. The van der Waals surface area contributed by atoms with E-state index in [2.05, 4.69) is 6.92 Å². The maximum Gasteiger partial charge on any atom is 0.0596 e. The van der Waals surface area contributed by atoms with Crippen LogP contribution in [0.25, 0.3) is 0 Å². The van der Waals surface area contributed by atoms with E-state index in [0.717, 1.165) is 67.1 Å². The van der Waals surface area contributed by atoms with Gasteiger partial charge in [0.2, 0.25) is 0 Å². The van der Waals surface area contributed by atoms with Crippen molar-refractivity contribution in [3.63, 3.8) is 0 Å². The molecule has 1 N–H and O–H groups in total. The van der Waals surface area contributed by atoms with E-state index in [1.807, 2.05) is 7.11 Å². The number of hydrogen-bond donors (Lipinski definition) is 1. The lowest BCUT2D eigenvalue weighted by molar-refractivity contribution is -0.110. The Morgan fingerprint density at radius 3 is 1.42 bits per heavy atom. The van der Waals surface area contributed by atoms with Crippen molar-refractivity contribution in [2.75, 3.05) is 7.11 Å². The third-order valence-electron chi connectivity index (χ3n) is 15.7. The molecule has 7 aliphatic rings. The fourth-order valence-corrected chi connectivity index (χ4v) is 13.8. The summed E-state index contributed by atoms with van der Waals surface area (Å²) in [6.45, 7) is 2.54. The Morgan fingerprint density at radius 2 is 0.930 bits per heavy atom. The summed E-state index contributed by atoms with van der Waals surface area (Å²) >= 11 is 0. The van der Waals surface area contributed by atoms with Gasteiger partial charge in [-0.25, -0.2) is 0 Å². The van der Waals surface area contributed by atoms with Gasteiger partial charge in [0, 0.05) is 7.11 Å². The molecule has 0 aromatic carbocycles. The Bertz CT molecular complexity index is 833. The molecule has 7 rings (SSSR count). The van der Waals surface area contributed by atoms with E-state index in [1.54, 1.807) is 38.5 Å². The van der Waals surface area contributed by atoms with Gasteiger partial charge in [0.05, 0.1) is 24.4 Å². The number of fused-ring (bicyclic) bond motifs is 3. The first-order chi connectivity index (χ1) is 21.1. The second kappa shape index (κ2) is 13.9. The summed E-state index contributed by atoms with van der Waals surface area (Å²) in [6, 6.07) is 0. The van der Waals surface area contributed by atoms with Crippen LogP contribution >= 0.6 is 0 Å². The van der Waals surface area contributed by atoms with E-state index in [1.165, 1.54) is 89.9 Å². The van der Waals surface area contributed by atoms with Crippen molar-refractivity contribution >= 4 is 0 Å². The van der Waals surface area contributed by atoms with Gasteiger partial charge < -0.3 is 14.6 Å². The van der Waals surface area contributed by atoms with Crippen LogP contribution in [0.1, 0.15) is 161 Å². The van der Waals surface area contributed by atoms with Crippen LogP contribution in [0.4, 0.5) is 0 Å². The number of aliphatic hydroxyl groups is 1. The molecule has 0 spiro atoms. The third kappa shape index (κ3) is 6.17. The minimum Gasteiger partial charge on any atom is -0.393 e. The molecule has 0 aromatic rings. The second-order valence-corrected chi connectivity index (χ2v) is 17.5. The van der Waals surface area contributed by atoms with Crippen molar-refractivity contribution in [2.24, 2.45) is 58.7 Å². The van der Waals surface area contributed by atoms with Crippen LogP contribution in [0.2, 0.25) is 0 Å². The van der Waals surface area contributed by atoms with E-state index in [0.29, 0.717) is 35.6 Å². The minimum atomic E-state index is -0.105. The molecule has 7 fully saturated rings. The summed E-state index contributed by atoms with van der Waals surface area (Å²) in [5.41, 5.74) is 0.678. The average molecular weight is 597 g/mol. The van der Waals surface area contributed by atoms with Crippen molar-refractivity contribution < 1.29 is 14.6 Å². The highest BCUT2D eigenvalue weighted by molar-refractivity contribution is 5.13. The van der Waals surface area contributed by atoms with Crippen LogP contribution in [0.5, 0.6) is 0 Å². The zero-order chi connectivity index (χ0) is 29.4. The average Bonchev–Trinajstić information content (AvgIpc) is 3.37. The van der Waals surface area contributed by atoms with E-state index >= 15 is 0 Å². The van der Waals surface area contributed by atoms with Crippen molar-refractivity contribution in [2.45, 2.75) is 185 Å². The fraction of sp³-hybridized carbons (Fsp3) is 1.00. The number of ether oxygens (including phenoxy) is 2. The lowest BCUT2D eigenvalue weighted by Gasteiger charge is -2.57. The minimum absolute atomic E-state index is 0.105. The molecule has 0 aromatic heterocycles. The predicted octanol–water partition coefficient (Wildman–Crippen LogP) is 10.1. The van der Waals surface area contributed by atoms with Crippen molar-refractivity contribution in [3.8, 4) is 0 Å². The molecule has 246 valence electrons. The second-order valence-electron chi connectivity index (χ2n) is 17.5. The van der Waals surface area contributed by atoms with Crippen LogP contribution < -0.4 is 0 Å². The highest BCUT2D eigenvalue weighted by atomic mass is 16.5. The molecule has 5 unspecified atom stereocenters. The molecule has 0 radical (unpaired) electrons. The van der Waals surface area contributed by atoms with E-state index in [9.17, 15) is 5.11 Å². The standard InChI is InChI=1S/C40H68O3/c1-27-11-17-30(18-12-27)40(37-9-5-3-7-35(37)36-8-4-6-10-38(36)40)31-19-25-34(26-20-31)43-33-23-15-29(16-24-33)39(41)28-13-21-32(42-2)22-14-28/h27-39,41H,3-26H2,1-2H3. The molecule has 7 aliphatic carbocycles. The Balaban J connectivity index is 0.968. The monoisotopic (exact) mass is 597 g/mol. The quantitative estimate of drug-likeness (QED) is 0.318. The zero-order valence-electron chi connectivity index (χ0n) is 28.2. The molecule has 0 amide bonds. The van der Waals surface area contributed by atoms with Crippen LogP contribution in [-0.4, -0.2) is 36.6 Å². The molecule has 0 bridgehead atoms. The third-order valence-corrected chi connectivity index (χ3v) is 15.7. The topological polar surface area (TPSA) is 38.7 Å². The molecule has 0 saturated heterocycles. The smallest absolute Gasteiger partial charge is 0.0596 e. The van der Waals surface area contributed by atoms with E-state index < -0.39 is 0 Å². The summed E-state index contributed by atoms with van der Waals surface area (Å²) in [5.74, 6) is 8.22. The maximum atomic E-state index is 11.2. The van der Waals surface area contributed by atoms with Gasteiger partial charge >= 0.3 is 0 Å². The number of aliphatic hydroxyl groups excluding tert-OH is 1. The largest absolute Gasteiger partial charge is 0.393 e. The van der Waals surface area contributed by atoms with Gasteiger partial charge in [-0.2, -0.15) is 0 Å². The summed E-state index contributed by atoms with van der Waals surface area (Å²) in [5, 5.41) is 11.2. The molecule has 43 heavy (non-hydrogen) atoms. The SMILES string of the molecule is COC1CCC(C(O)C2CCC(OC3CCC(C4(C5CCC(C)CC5)C5CCCCC5C5CCCCC54)CC3)CC2)CC1. The summed E-state index contributed by atoms with van der Waals surface area (Å²) < 4.78 is 12.5. The van der Waals surface area contributed by atoms with Crippen LogP contribution in [0, 0.1) is 58.7 Å². The molecule has 0 heterocycles. The van der Waals surface area contributed by atoms with Gasteiger partial charge in [-0.15, -0.1) is 0 Å². The normalized spacial score (nSPS) is 50.0. The molecule has 3 nitrogen and oxygen atoms in total.